The van der Waals surface area contributed by atoms with Crippen molar-refractivity contribution in [1.29, 1.82) is 0 Å². The number of hydrogen-bond donors (Lipinski definition) is 1. The number of amides is 3. The van der Waals surface area contributed by atoms with Crippen molar-refractivity contribution in [3.05, 3.63) is 16.6 Å². The Morgan fingerprint density at radius 1 is 1.55 bits per heavy atom. The number of nitrogens with zero attached hydrogens (tertiary/aromatic N) is 3. The highest BCUT2D eigenvalue weighted by Crippen LogP contribution is 2.23. The maximum absolute atomic E-state index is 12.1. The molecule has 1 N–H and O–H groups in total. The molecule has 108 valence electrons. The Balaban J connectivity index is 1.57. The quantitative estimate of drug-likeness (QED) is 0.854. The van der Waals surface area contributed by atoms with E-state index < -0.39 is 0 Å². The largest absolute Gasteiger partial charge is 0.368 e. The van der Waals surface area contributed by atoms with Crippen LogP contribution in [0, 0.1) is 0 Å². The van der Waals surface area contributed by atoms with E-state index in [1.165, 1.54) is 4.90 Å². The molecule has 1 aromatic heterocycles. The molecule has 20 heavy (non-hydrogen) atoms. The number of nitrogens with one attached hydrogen (secondary N) is 1. The van der Waals surface area contributed by atoms with Gasteiger partial charge < -0.3 is 10.1 Å². The average molecular weight is 296 g/mol. The first-order valence-electron chi connectivity index (χ1n) is 6.55. The van der Waals surface area contributed by atoms with E-state index in [0.717, 1.165) is 5.01 Å². The predicted molar refractivity (Wildman–Crippen MR) is 72.4 cm³/mol. The third-order valence-corrected chi connectivity index (χ3v) is 4.26. The van der Waals surface area contributed by atoms with Gasteiger partial charge in [0.05, 0.1) is 13.2 Å². The normalized spacial score (nSPS) is 23.9. The van der Waals surface area contributed by atoms with Gasteiger partial charge in [-0.1, -0.05) is 0 Å². The van der Waals surface area contributed by atoms with Gasteiger partial charge in [0.25, 0.3) is 0 Å². The molecule has 7 nitrogen and oxygen atoms in total. The Hall–Kier alpha value is -1.51. The summed E-state index contributed by atoms with van der Waals surface area (Å²) in [5.41, 5.74) is 0. The van der Waals surface area contributed by atoms with Gasteiger partial charge in [-0.25, -0.2) is 9.78 Å². The number of aromatic nitrogens is 1. The fraction of sp³-hybridized carbons (Fsp3) is 0.583. The van der Waals surface area contributed by atoms with Crippen LogP contribution in [0.25, 0.3) is 0 Å². The monoisotopic (exact) mass is 296 g/mol. The van der Waals surface area contributed by atoms with E-state index in [1.54, 1.807) is 17.5 Å². The summed E-state index contributed by atoms with van der Waals surface area (Å²) in [6.45, 7) is 3.15. The third kappa shape index (κ3) is 2.82. The first kappa shape index (κ1) is 13.5. The van der Waals surface area contributed by atoms with Crippen molar-refractivity contribution in [2.75, 3.05) is 39.3 Å². The highest BCUT2D eigenvalue weighted by atomic mass is 32.1. The molecule has 0 aromatic carbocycles. The molecule has 3 heterocycles. The minimum absolute atomic E-state index is 0.0797. The fourth-order valence-corrected chi connectivity index (χ4v) is 3.05. The standard InChI is InChI=1S/C12H16N4O3S/c17-10(16-3-1-14-12(16)18)8-15-4-5-19-9(7-15)11-13-2-6-20-11/h2,6,9H,1,3-5,7-8H2,(H,14,18). The lowest BCUT2D eigenvalue weighted by atomic mass is 10.2. The summed E-state index contributed by atoms with van der Waals surface area (Å²) in [5, 5.41) is 5.48. The fourth-order valence-electron chi connectivity index (χ4n) is 2.38. The van der Waals surface area contributed by atoms with Crippen LogP contribution in [0.1, 0.15) is 11.1 Å². The number of thiazole rings is 1. The number of imide groups is 1. The molecule has 1 aromatic rings. The lowest BCUT2D eigenvalue weighted by Gasteiger charge is -2.32. The van der Waals surface area contributed by atoms with Crippen LogP contribution in [0.15, 0.2) is 11.6 Å². The summed E-state index contributed by atoms with van der Waals surface area (Å²) in [7, 11) is 0. The summed E-state index contributed by atoms with van der Waals surface area (Å²) in [4.78, 5) is 31.1. The van der Waals surface area contributed by atoms with Gasteiger partial charge in [0, 0.05) is 37.8 Å². The third-order valence-electron chi connectivity index (χ3n) is 3.39. The van der Waals surface area contributed by atoms with Crippen molar-refractivity contribution in [2.24, 2.45) is 0 Å². The molecular weight excluding hydrogens is 280 g/mol. The van der Waals surface area contributed by atoms with Gasteiger partial charge >= 0.3 is 6.03 Å². The highest BCUT2D eigenvalue weighted by molar-refractivity contribution is 7.09. The van der Waals surface area contributed by atoms with Crippen LogP contribution in [-0.4, -0.2) is 66.1 Å². The molecule has 1 atom stereocenters. The number of ether oxygens (including phenoxy) is 1. The van der Waals surface area contributed by atoms with E-state index in [-0.39, 0.29) is 24.6 Å². The maximum atomic E-state index is 12.1. The summed E-state index contributed by atoms with van der Waals surface area (Å²) >= 11 is 1.55. The molecule has 2 fully saturated rings. The second kappa shape index (κ2) is 5.86. The molecule has 2 aliphatic rings. The molecule has 0 aliphatic carbocycles. The van der Waals surface area contributed by atoms with Crippen LogP contribution in [0.3, 0.4) is 0 Å². The van der Waals surface area contributed by atoms with Gasteiger partial charge in [-0.2, -0.15) is 0 Å². The Morgan fingerprint density at radius 2 is 2.45 bits per heavy atom. The van der Waals surface area contributed by atoms with Gasteiger partial charge in [0.2, 0.25) is 5.91 Å². The lowest BCUT2D eigenvalue weighted by Crippen LogP contribution is -2.46. The average Bonchev–Trinajstić information content (AvgIpc) is 3.09. The van der Waals surface area contributed by atoms with Gasteiger partial charge in [-0.15, -0.1) is 11.3 Å². The molecule has 2 saturated heterocycles. The number of hydrogen-bond acceptors (Lipinski definition) is 6. The lowest BCUT2D eigenvalue weighted by molar-refractivity contribution is -0.130. The van der Waals surface area contributed by atoms with Crippen molar-refractivity contribution >= 4 is 23.3 Å². The van der Waals surface area contributed by atoms with Crippen LogP contribution in [0.5, 0.6) is 0 Å². The molecule has 0 spiro atoms. The molecule has 3 amide bonds. The van der Waals surface area contributed by atoms with Crippen LogP contribution in [-0.2, 0) is 9.53 Å². The predicted octanol–water partition coefficient (Wildman–Crippen LogP) is 0.0682. The molecule has 2 aliphatic heterocycles. The van der Waals surface area contributed by atoms with Crippen molar-refractivity contribution in [3.8, 4) is 0 Å². The molecule has 0 radical (unpaired) electrons. The zero-order valence-corrected chi connectivity index (χ0v) is 11.8. The number of carbonyl (C=O) groups excluding carboxylic acids is 2. The molecule has 8 heteroatoms. The first-order chi connectivity index (χ1) is 9.74. The van der Waals surface area contributed by atoms with Gasteiger partial charge in [0.1, 0.15) is 11.1 Å². The van der Waals surface area contributed by atoms with Crippen LogP contribution in [0.2, 0.25) is 0 Å². The van der Waals surface area contributed by atoms with Crippen molar-refractivity contribution in [1.82, 2.24) is 20.1 Å². The summed E-state index contributed by atoms with van der Waals surface area (Å²) < 4.78 is 5.68. The minimum Gasteiger partial charge on any atom is -0.368 e. The summed E-state index contributed by atoms with van der Waals surface area (Å²) in [5.74, 6) is -0.153. The Bertz CT molecular complexity index is 493. The van der Waals surface area contributed by atoms with Crippen LogP contribution >= 0.6 is 11.3 Å². The highest BCUT2D eigenvalue weighted by Gasteiger charge is 2.30. The van der Waals surface area contributed by atoms with E-state index in [4.69, 9.17) is 4.74 Å². The number of rotatable bonds is 3. The molecule has 1 unspecified atom stereocenters. The van der Waals surface area contributed by atoms with E-state index in [0.29, 0.717) is 32.8 Å². The van der Waals surface area contributed by atoms with E-state index in [2.05, 4.69) is 10.3 Å². The smallest absolute Gasteiger partial charge is 0.324 e. The maximum Gasteiger partial charge on any atom is 0.324 e. The number of morpholine rings is 1. The van der Waals surface area contributed by atoms with Crippen molar-refractivity contribution in [3.63, 3.8) is 0 Å². The van der Waals surface area contributed by atoms with Crippen LogP contribution < -0.4 is 5.32 Å². The van der Waals surface area contributed by atoms with Crippen molar-refractivity contribution < 1.29 is 14.3 Å². The van der Waals surface area contributed by atoms with E-state index in [1.807, 2.05) is 10.3 Å². The number of carbonyl (C=O) groups is 2. The SMILES string of the molecule is O=C(CN1CCOC(c2nccs2)C1)N1CCNC1=O. The minimum atomic E-state index is -0.292. The van der Waals surface area contributed by atoms with E-state index >= 15 is 0 Å². The second-order valence-electron chi connectivity index (χ2n) is 4.74. The Kier molecular flexibility index (Phi) is 3.95. The molecule has 0 saturated carbocycles. The van der Waals surface area contributed by atoms with Gasteiger partial charge in [-0.05, 0) is 0 Å². The summed E-state index contributed by atoms with van der Waals surface area (Å²) in [6.07, 6.45) is 1.67. The first-order valence-corrected chi connectivity index (χ1v) is 7.43. The molecule has 0 bridgehead atoms. The van der Waals surface area contributed by atoms with Crippen molar-refractivity contribution in [2.45, 2.75) is 6.10 Å². The molecular formula is C12H16N4O3S. The van der Waals surface area contributed by atoms with E-state index in [9.17, 15) is 9.59 Å². The zero-order chi connectivity index (χ0) is 13.9. The summed E-state index contributed by atoms with van der Waals surface area (Å²) in [6, 6.07) is -0.292. The zero-order valence-electron chi connectivity index (χ0n) is 10.9. The van der Waals surface area contributed by atoms with Gasteiger partial charge in [0.15, 0.2) is 0 Å². The number of urea groups is 1. The van der Waals surface area contributed by atoms with Gasteiger partial charge in [-0.3, -0.25) is 14.6 Å². The molecule has 3 rings (SSSR count). The van der Waals surface area contributed by atoms with Crippen LogP contribution in [0.4, 0.5) is 4.79 Å². The Morgan fingerprint density at radius 3 is 3.15 bits per heavy atom. The Labute approximate surface area is 120 Å². The topological polar surface area (TPSA) is 74.8 Å². The second-order valence-corrected chi connectivity index (χ2v) is 5.67.